The molecule has 2 fully saturated rings. The Kier molecular flexibility index (Phi) is 4.77. The van der Waals surface area contributed by atoms with E-state index in [9.17, 15) is 18.4 Å². The summed E-state index contributed by atoms with van der Waals surface area (Å²) in [6, 6.07) is 0. The van der Waals surface area contributed by atoms with E-state index in [2.05, 4.69) is 11.9 Å². The first-order valence-corrected chi connectivity index (χ1v) is 7.39. The number of hydrogen-bond acceptors (Lipinski definition) is 7. The molecule has 2 saturated heterocycles. The average molecular weight is 318 g/mol. The zero-order valence-electron chi connectivity index (χ0n) is 11.4. The first-order chi connectivity index (χ1) is 9.85. The summed E-state index contributed by atoms with van der Waals surface area (Å²) in [5.41, 5.74) is -0.771. The molecule has 0 aromatic rings. The Hall–Kier alpha value is -1.29. The minimum absolute atomic E-state index is 0.338. The van der Waals surface area contributed by atoms with Crippen LogP contribution in [-0.2, 0) is 34.6 Å². The number of esters is 1. The second-order valence-electron chi connectivity index (χ2n) is 5.10. The van der Waals surface area contributed by atoms with Gasteiger partial charge in [-0.2, -0.15) is 0 Å². The standard InChI is InChI=1S/C12H17NO7S/c1-3-8(14)13-6-9(15)18-11-10(20-21(16)17)7-4-5-12(11,2)19-7/h3,7,10-11H,1,4-6H2,2H3,(H,13,14)(H,16,17)/p-1. The number of amides is 1. The summed E-state index contributed by atoms with van der Waals surface area (Å²) in [6.45, 7) is 4.66. The maximum absolute atomic E-state index is 11.7. The lowest BCUT2D eigenvalue weighted by Gasteiger charge is -2.32. The maximum atomic E-state index is 11.7. The predicted octanol–water partition coefficient (Wildman–Crippen LogP) is -0.669. The van der Waals surface area contributed by atoms with Crippen molar-refractivity contribution in [2.75, 3.05) is 6.54 Å². The first kappa shape index (κ1) is 16.1. The second-order valence-corrected chi connectivity index (χ2v) is 5.71. The molecule has 2 heterocycles. The molecule has 9 heteroatoms. The van der Waals surface area contributed by atoms with Crippen LogP contribution >= 0.6 is 0 Å². The van der Waals surface area contributed by atoms with Crippen LogP contribution in [0.1, 0.15) is 19.8 Å². The monoisotopic (exact) mass is 318 g/mol. The molecule has 0 aromatic heterocycles. The summed E-state index contributed by atoms with van der Waals surface area (Å²) in [6.07, 6.45) is 0.193. The SMILES string of the molecule is C=CC(=O)NCC(=O)OC1C(OS(=O)[O-])C2CCC1(C)O2. The van der Waals surface area contributed by atoms with Crippen molar-refractivity contribution in [1.29, 1.82) is 0 Å². The summed E-state index contributed by atoms with van der Waals surface area (Å²) in [7, 11) is 0. The molecule has 0 aromatic carbocycles. The lowest BCUT2D eigenvalue weighted by Crippen LogP contribution is -2.49. The highest BCUT2D eigenvalue weighted by Gasteiger charge is 2.60. The maximum Gasteiger partial charge on any atom is 0.325 e. The van der Waals surface area contributed by atoms with Crippen LogP contribution in [0.3, 0.4) is 0 Å². The highest BCUT2D eigenvalue weighted by molar-refractivity contribution is 7.74. The van der Waals surface area contributed by atoms with Crippen LogP contribution in [0.4, 0.5) is 0 Å². The minimum Gasteiger partial charge on any atom is -0.750 e. The van der Waals surface area contributed by atoms with Crippen molar-refractivity contribution in [3.05, 3.63) is 12.7 Å². The Balaban J connectivity index is 1.98. The van der Waals surface area contributed by atoms with Gasteiger partial charge in [0, 0.05) is 0 Å². The van der Waals surface area contributed by atoms with E-state index < -0.39 is 47.2 Å². The fourth-order valence-electron chi connectivity index (χ4n) is 2.69. The van der Waals surface area contributed by atoms with Crippen molar-refractivity contribution in [3.8, 4) is 0 Å². The number of nitrogens with one attached hydrogen (secondary N) is 1. The van der Waals surface area contributed by atoms with Crippen molar-refractivity contribution in [1.82, 2.24) is 5.32 Å². The Morgan fingerprint density at radius 2 is 2.33 bits per heavy atom. The molecule has 2 aliphatic heterocycles. The number of rotatable bonds is 6. The van der Waals surface area contributed by atoms with Gasteiger partial charge in [-0.25, -0.2) is 4.21 Å². The third-order valence-electron chi connectivity index (χ3n) is 3.65. The third kappa shape index (κ3) is 3.49. The van der Waals surface area contributed by atoms with Gasteiger partial charge in [0.1, 0.15) is 18.2 Å². The van der Waals surface area contributed by atoms with Gasteiger partial charge in [-0.1, -0.05) is 6.58 Å². The van der Waals surface area contributed by atoms with Crippen LogP contribution in [0, 0.1) is 0 Å². The summed E-state index contributed by atoms with van der Waals surface area (Å²) in [4.78, 5) is 22.7. The van der Waals surface area contributed by atoms with Gasteiger partial charge in [-0.05, 0) is 25.8 Å². The largest absolute Gasteiger partial charge is 0.750 e. The van der Waals surface area contributed by atoms with Gasteiger partial charge in [0.25, 0.3) is 0 Å². The molecule has 2 rings (SSSR count). The van der Waals surface area contributed by atoms with E-state index in [1.165, 1.54) is 0 Å². The Morgan fingerprint density at radius 1 is 1.62 bits per heavy atom. The zero-order valence-corrected chi connectivity index (χ0v) is 12.2. The van der Waals surface area contributed by atoms with E-state index >= 15 is 0 Å². The van der Waals surface area contributed by atoms with Gasteiger partial charge in [0.05, 0.1) is 17.5 Å². The summed E-state index contributed by atoms with van der Waals surface area (Å²) in [5.74, 6) is -1.20. The van der Waals surface area contributed by atoms with E-state index in [0.717, 1.165) is 6.08 Å². The van der Waals surface area contributed by atoms with Crippen molar-refractivity contribution in [2.24, 2.45) is 0 Å². The number of hydrogen-bond donors (Lipinski definition) is 1. The lowest BCUT2D eigenvalue weighted by molar-refractivity contribution is -0.160. The third-order valence-corrected chi connectivity index (χ3v) is 4.03. The lowest BCUT2D eigenvalue weighted by atomic mass is 9.85. The highest BCUT2D eigenvalue weighted by atomic mass is 32.2. The minimum atomic E-state index is -2.73. The van der Waals surface area contributed by atoms with Crippen LogP contribution < -0.4 is 5.32 Å². The molecule has 2 aliphatic rings. The normalized spacial score (nSPS) is 35.2. The fraction of sp³-hybridized carbons (Fsp3) is 0.667. The molecular formula is C12H16NO7S-. The predicted molar refractivity (Wildman–Crippen MR) is 69.4 cm³/mol. The molecule has 1 N–H and O–H groups in total. The van der Waals surface area contributed by atoms with Crippen LogP contribution in [0.15, 0.2) is 12.7 Å². The van der Waals surface area contributed by atoms with Crippen LogP contribution in [-0.4, -0.2) is 51.1 Å². The van der Waals surface area contributed by atoms with E-state index in [-0.39, 0.29) is 6.54 Å². The number of ether oxygens (including phenoxy) is 2. The van der Waals surface area contributed by atoms with Crippen molar-refractivity contribution in [3.63, 3.8) is 0 Å². The molecule has 0 spiro atoms. The van der Waals surface area contributed by atoms with Gasteiger partial charge in [-0.15, -0.1) is 0 Å². The Bertz CT molecular complexity index is 482. The first-order valence-electron chi connectivity index (χ1n) is 6.39. The van der Waals surface area contributed by atoms with E-state index in [4.69, 9.17) is 13.7 Å². The molecule has 5 unspecified atom stereocenters. The quantitative estimate of drug-likeness (QED) is 0.392. The number of carbonyl (C=O) groups excluding carboxylic acids is 2. The van der Waals surface area contributed by atoms with Gasteiger partial charge < -0.3 is 19.3 Å². The molecule has 0 saturated carbocycles. The van der Waals surface area contributed by atoms with Gasteiger partial charge in [-0.3, -0.25) is 13.8 Å². The second kappa shape index (κ2) is 6.22. The van der Waals surface area contributed by atoms with Crippen LogP contribution in [0.5, 0.6) is 0 Å². The van der Waals surface area contributed by atoms with E-state index in [1.54, 1.807) is 6.92 Å². The Labute approximate surface area is 124 Å². The van der Waals surface area contributed by atoms with Gasteiger partial charge in [0.15, 0.2) is 6.10 Å². The molecule has 8 nitrogen and oxygen atoms in total. The van der Waals surface area contributed by atoms with Crippen molar-refractivity contribution >= 4 is 23.2 Å². The summed E-state index contributed by atoms with van der Waals surface area (Å²) >= 11 is -2.73. The molecule has 5 atom stereocenters. The van der Waals surface area contributed by atoms with E-state index in [0.29, 0.717) is 12.8 Å². The molecular weight excluding hydrogens is 302 g/mol. The van der Waals surface area contributed by atoms with Crippen molar-refractivity contribution < 1.29 is 32.0 Å². The smallest absolute Gasteiger partial charge is 0.325 e. The van der Waals surface area contributed by atoms with Gasteiger partial charge in [0.2, 0.25) is 5.91 Å². The summed E-state index contributed by atoms with van der Waals surface area (Å²) < 4.78 is 37.2. The molecule has 2 bridgehead atoms. The fourth-order valence-corrected chi connectivity index (χ4v) is 3.09. The molecule has 1 amide bonds. The summed E-state index contributed by atoms with van der Waals surface area (Å²) in [5, 5.41) is 2.28. The molecule has 21 heavy (non-hydrogen) atoms. The molecule has 0 aliphatic carbocycles. The number of fused-ring (bicyclic) bond motifs is 2. The zero-order chi connectivity index (χ0) is 15.6. The topological polar surface area (TPSA) is 114 Å². The highest BCUT2D eigenvalue weighted by Crippen LogP contribution is 2.46. The van der Waals surface area contributed by atoms with Gasteiger partial charge >= 0.3 is 5.97 Å². The number of carbonyl (C=O) groups is 2. The van der Waals surface area contributed by atoms with Crippen LogP contribution in [0.2, 0.25) is 0 Å². The molecule has 0 radical (unpaired) electrons. The molecule has 118 valence electrons. The van der Waals surface area contributed by atoms with Crippen molar-refractivity contribution in [2.45, 2.75) is 43.7 Å². The van der Waals surface area contributed by atoms with Crippen LogP contribution in [0.25, 0.3) is 0 Å². The van der Waals surface area contributed by atoms with E-state index in [1.807, 2.05) is 0 Å². The average Bonchev–Trinajstić information content (AvgIpc) is 2.92. The Morgan fingerprint density at radius 3 is 2.95 bits per heavy atom.